The second kappa shape index (κ2) is 8.36. The number of nitrogens with two attached hydrogens (primary N) is 1. The lowest BCUT2D eigenvalue weighted by Gasteiger charge is -2.55. The molecule has 10 atom stereocenters. The molecular formula is C23H41N3O3. The Hall–Kier alpha value is -0.240. The molecule has 2 aliphatic carbocycles. The SMILES string of the molecule is COC1C2OCOC2CC2CCN(C)C(CC3CC(N)C4CCCCC4N3C)C21. The molecule has 6 nitrogen and oxygen atoms in total. The number of hydrogen-bond acceptors (Lipinski definition) is 6. The zero-order valence-electron chi connectivity index (χ0n) is 18.5. The summed E-state index contributed by atoms with van der Waals surface area (Å²) in [6.07, 6.45) is 10.6. The van der Waals surface area contributed by atoms with Crippen LogP contribution in [0.25, 0.3) is 0 Å². The van der Waals surface area contributed by atoms with Crippen LogP contribution in [0.5, 0.6) is 0 Å². The average Bonchev–Trinajstić information content (AvgIpc) is 3.20. The van der Waals surface area contributed by atoms with Gasteiger partial charge in [-0.2, -0.15) is 0 Å². The van der Waals surface area contributed by atoms with E-state index >= 15 is 0 Å². The van der Waals surface area contributed by atoms with Crippen molar-refractivity contribution in [3.8, 4) is 0 Å². The third-order valence-electron chi connectivity index (χ3n) is 9.32. The van der Waals surface area contributed by atoms with Gasteiger partial charge >= 0.3 is 0 Å². The first-order chi connectivity index (χ1) is 14.1. The maximum absolute atomic E-state index is 6.74. The van der Waals surface area contributed by atoms with E-state index in [0.717, 1.165) is 12.8 Å². The molecule has 0 radical (unpaired) electrons. The van der Waals surface area contributed by atoms with Gasteiger partial charge in [0.2, 0.25) is 0 Å². The maximum Gasteiger partial charge on any atom is 0.147 e. The fourth-order valence-corrected chi connectivity index (χ4v) is 7.77. The zero-order valence-corrected chi connectivity index (χ0v) is 18.5. The van der Waals surface area contributed by atoms with Crippen LogP contribution in [0.15, 0.2) is 0 Å². The molecule has 0 spiro atoms. The Labute approximate surface area is 176 Å². The highest BCUT2D eigenvalue weighted by atomic mass is 16.7. The van der Waals surface area contributed by atoms with Crippen molar-refractivity contribution in [2.75, 3.05) is 34.5 Å². The minimum atomic E-state index is 0.101. The normalized spacial score (nSPS) is 51.3. The van der Waals surface area contributed by atoms with Crippen molar-refractivity contribution in [3.05, 3.63) is 0 Å². The first-order valence-corrected chi connectivity index (χ1v) is 12.0. The summed E-state index contributed by atoms with van der Waals surface area (Å²) in [5.74, 6) is 1.90. The summed E-state index contributed by atoms with van der Waals surface area (Å²) >= 11 is 0. The van der Waals surface area contributed by atoms with Crippen molar-refractivity contribution >= 4 is 0 Å². The van der Waals surface area contributed by atoms with Crippen molar-refractivity contribution in [3.63, 3.8) is 0 Å². The van der Waals surface area contributed by atoms with Crippen molar-refractivity contribution in [1.29, 1.82) is 0 Å². The number of rotatable bonds is 3. The van der Waals surface area contributed by atoms with Crippen LogP contribution in [-0.2, 0) is 14.2 Å². The second-order valence-corrected chi connectivity index (χ2v) is 10.5. The minimum absolute atomic E-state index is 0.101. The van der Waals surface area contributed by atoms with Crippen LogP contribution in [0.4, 0.5) is 0 Å². The Kier molecular flexibility index (Phi) is 5.95. The van der Waals surface area contributed by atoms with Gasteiger partial charge < -0.3 is 29.7 Å². The first kappa shape index (κ1) is 20.7. The molecule has 5 aliphatic rings. The van der Waals surface area contributed by atoms with Crippen LogP contribution in [0, 0.1) is 17.8 Å². The fourth-order valence-electron chi connectivity index (χ4n) is 7.77. The number of likely N-dealkylation sites (tertiary alicyclic amines) is 2. The van der Waals surface area contributed by atoms with Gasteiger partial charge in [-0.15, -0.1) is 0 Å². The predicted molar refractivity (Wildman–Crippen MR) is 113 cm³/mol. The lowest BCUT2D eigenvalue weighted by Crippen LogP contribution is -2.63. The van der Waals surface area contributed by atoms with Crippen molar-refractivity contribution in [2.24, 2.45) is 23.5 Å². The lowest BCUT2D eigenvalue weighted by atomic mass is 9.65. The third-order valence-corrected chi connectivity index (χ3v) is 9.32. The highest BCUT2D eigenvalue weighted by Crippen LogP contribution is 2.47. The second-order valence-electron chi connectivity index (χ2n) is 10.5. The number of nitrogens with zero attached hydrogens (tertiary/aromatic N) is 2. The Bertz CT molecular complexity index is 578. The van der Waals surface area contributed by atoms with Gasteiger partial charge in [-0.3, -0.25) is 0 Å². The maximum atomic E-state index is 6.74. The molecule has 29 heavy (non-hydrogen) atoms. The summed E-state index contributed by atoms with van der Waals surface area (Å²) in [4.78, 5) is 5.32. The van der Waals surface area contributed by atoms with Gasteiger partial charge in [0.25, 0.3) is 0 Å². The highest BCUT2D eigenvalue weighted by Gasteiger charge is 2.54. The van der Waals surface area contributed by atoms with E-state index in [1.165, 1.54) is 45.1 Å². The molecule has 5 fully saturated rings. The van der Waals surface area contributed by atoms with Crippen LogP contribution in [0.2, 0.25) is 0 Å². The molecular weight excluding hydrogens is 366 g/mol. The molecule has 2 saturated carbocycles. The van der Waals surface area contributed by atoms with Gasteiger partial charge in [-0.25, -0.2) is 0 Å². The van der Waals surface area contributed by atoms with E-state index in [-0.39, 0.29) is 18.3 Å². The molecule has 166 valence electrons. The van der Waals surface area contributed by atoms with E-state index in [1.807, 2.05) is 7.11 Å². The summed E-state index contributed by atoms with van der Waals surface area (Å²) in [7, 11) is 6.56. The van der Waals surface area contributed by atoms with Gasteiger partial charge in [0.1, 0.15) is 12.9 Å². The number of methoxy groups -OCH3 is 1. The molecule has 3 aliphatic heterocycles. The monoisotopic (exact) mass is 407 g/mol. The average molecular weight is 408 g/mol. The summed E-state index contributed by atoms with van der Waals surface area (Å²) in [5, 5.41) is 0. The topological polar surface area (TPSA) is 60.2 Å². The molecule has 0 aromatic carbocycles. The Balaban J connectivity index is 1.36. The molecule has 0 aromatic heterocycles. The predicted octanol–water partition coefficient (Wildman–Crippen LogP) is 2.06. The largest absolute Gasteiger partial charge is 0.378 e. The van der Waals surface area contributed by atoms with Crippen molar-refractivity contribution in [1.82, 2.24) is 9.80 Å². The van der Waals surface area contributed by atoms with Crippen LogP contribution >= 0.6 is 0 Å². The zero-order chi connectivity index (χ0) is 20.1. The van der Waals surface area contributed by atoms with Crippen LogP contribution in [0.1, 0.15) is 51.4 Å². The van der Waals surface area contributed by atoms with Gasteiger partial charge in [-0.05, 0) is 71.0 Å². The highest BCUT2D eigenvalue weighted by molar-refractivity contribution is 5.05. The van der Waals surface area contributed by atoms with Crippen LogP contribution < -0.4 is 5.73 Å². The molecule has 2 N–H and O–H groups in total. The lowest BCUT2D eigenvalue weighted by molar-refractivity contribution is -0.140. The Morgan fingerprint density at radius 1 is 1.07 bits per heavy atom. The molecule has 3 heterocycles. The van der Waals surface area contributed by atoms with E-state index in [1.54, 1.807) is 0 Å². The third kappa shape index (κ3) is 3.58. The van der Waals surface area contributed by atoms with Gasteiger partial charge in [-0.1, -0.05) is 12.8 Å². The number of fused-ring (bicyclic) bond motifs is 3. The van der Waals surface area contributed by atoms with E-state index in [4.69, 9.17) is 19.9 Å². The van der Waals surface area contributed by atoms with Crippen molar-refractivity contribution < 1.29 is 14.2 Å². The minimum Gasteiger partial charge on any atom is -0.378 e. The number of piperidine rings is 2. The quantitative estimate of drug-likeness (QED) is 0.773. The summed E-state index contributed by atoms with van der Waals surface area (Å²) < 4.78 is 18.0. The van der Waals surface area contributed by atoms with E-state index in [2.05, 4.69) is 23.9 Å². The van der Waals surface area contributed by atoms with Crippen LogP contribution in [0.3, 0.4) is 0 Å². The molecule has 3 saturated heterocycles. The van der Waals surface area contributed by atoms with Gasteiger partial charge in [0.05, 0.1) is 12.2 Å². The Morgan fingerprint density at radius 2 is 1.90 bits per heavy atom. The fraction of sp³-hybridized carbons (Fsp3) is 1.00. The van der Waals surface area contributed by atoms with Gasteiger partial charge in [0, 0.05) is 37.2 Å². The molecule has 5 rings (SSSR count). The summed E-state index contributed by atoms with van der Waals surface area (Å²) in [5.41, 5.74) is 6.74. The van der Waals surface area contributed by atoms with E-state index in [0.29, 0.717) is 48.7 Å². The van der Waals surface area contributed by atoms with Crippen LogP contribution in [-0.4, -0.2) is 86.8 Å². The molecule has 0 bridgehead atoms. The van der Waals surface area contributed by atoms with E-state index in [9.17, 15) is 0 Å². The summed E-state index contributed by atoms with van der Waals surface area (Å²) in [6, 6.07) is 2.16. The first-order valence-electron chi connectivity index (χ1n) is 12.0. The molecule has 6 heteroatoms. The molecule has 0 amide bonds. The standard InChI is InChI=1S/C23H41N3O3/c1-25-9-8-14-10-20-22(29-13-28-20)23(27-3)21(14)19(25)12-15-11-17(24)16-6-4-5-7-18(16)26(15)2/h14-23H,4-13,24H2,1-3H3. The van der Waals surface area contributed by atoms with E-state index < -0.39 is 0 Å². The number of hydrogen-bond donors (Lipinski definition) is 1. The summed E-state index contributed by atoms with van der Waals surface area (Å²) in [6.45, 7) is 1.60. The molecule has 10 unspecified atom stereocenters. The van der Waals surface area contributed by atoms with Crippen molar-refractivity contribution in [2.45, 2.75) is 93.8 Å². The number of ether oxygens (including phenoxy) is 3. The smallest absolute Gasteiger partial charge is 0.147 e. The van der Waals surface area contributed by atoms with Gasteiger partial charge in [0.15, 0.2) is 0 Å². The Morgan fingerprint density at radius 3 is 2.72 bits per heavy atom. The molecule has 0 aromatic rings.